The molecule has 3 N–H and O–H groups in total. The molecule has 0 aromatic heterocycles. The van der Waals surface area contributed by atoms with Gasteiger partial charge in [-0.05, 0) is 6.07 Å². The van der Waals surface area contributed by atoms with Crippen molar-refractivity contribution in [2.75, 3.05) is 5.73 Å². The molecule has 0 radical (unpaired) electrons. The van der Waals surface area contributed by atoms with Crippen LogP contribution in [0.5, 0.6) is 0 Å². The van der Waals surface area contributed by atoms with Crippen LogP contribution in [0.1, 0.15) is 26.3 Å². The second kappa shape index (κ2) is 5.88. The van der Waals surface area contributed by atoms with E-state index < -0.39 is 10.8 Å². The fraction of sp³-hybridized carbons (Fsp3) is 0.0667. The van der Waals surface area contributed by atoms with Crippen molar-refractivity contribution in [2.24, 2.45) is 0 Å². The molecule has 0 aliphatic heterocycles. The topological polar surface area (TPSA) is 80.4 Å². The minimum atomic E-state index is -1.05. The average Bonchev–Trinajstić information content (AvgIpc) is 2.47. The number of carboxylic acid groups (broad SMARTS) is 1. The maximum atomic E-state index is 12.4. The van der Waals surface area contributed by atoms with Crippen molar-refractivity contribution >= 4 is 33.4 Å². The van der Waals surface area contributed by atoms with Crippen LogP contribution in [0.25, 0.3) is 0 Å². The monoisotopic (exact) mass is 333 g/mol. The summed E-state index contributed by atoms with van der Waals surface area (Å²) in [6.07, 6.45) is 0. The van der Waals surface area contributed by atoms with E-state index in [1.54, 1.807) is 42.5 Å². The Morgan fingerprint density at radius 3 is 2.30 bits per heavy atom. The van der Waals surface area contributed by atoms with Gasteiger partial charge in [0.1, 0.15) is 4.83 Å². The zero-order chi connectivity index (χ0) is 14.7. The van der Waals surface area contributed by atoms with Crippen LogP contribution in [0.2, 0.25) is 0 Å². The second-order valence-electron chi connectivity index (χ2n) is 4.20. The maximum Gasteiger partial charge on any atom is 0.321 e. The lowest BCUT2D eigenvalue weighted by Crippen LogP contribution is -2.12. The molecule has 0 fully saturated rings. The van der Waals surface area contributed by atoms with Crippen molar-refractivity contribution < 1.29 is 14.7 Å². The lowest BCUT2D eigenvalue weighted by molar-refractivity contribution is -0.136. The molecule has 2 aromatic carbocycles. The first-order valence-electron chi connectivity index (χ1n) is 5.87. The Bertz CT molecular complexity index is 655. The molecule has 0 aliphatic rings. The lowest BCUT2D eigenvalue weighted by atomic mass is 9.98. The predicted octanol–water partition coefficient (Wildman–Crippen LogP) is 3.02. The molecule has 0 saturated carbocycles. The van der Waals surface area contributed by atoms with Crippen LogP contribution in [-0.2, 0) is 4.79 Å². The third kappa shape index (κ3) is 2.72. The van der Waals surface area contributed by atoms with E-state index in [0.717, 1.165) is 0 Å². The number of ketones is 1. The molecule has 20 heavy (non-hydrogen) atoms. The molecule has 0 heterocycles. The van der Waals surface area contributed by atoms with Crippen LogP contribution in [0.4, 0.5) is 5.69 Å². The van der Waals surface area contributed by atoms with Crippen LogP contribution >= 0.6 is 15.9 Å². The number of aliphatic carboxylic acids is 1. The molecule has 102 valence electrons. The van der Waals surface area contributed by atoms with Crippen LogP contribution in [0.15, 0.2) is 48.5 Å². The molecule has 4 nitrogen and oxygen atoms in total. The number of carbonyl (C=O) groups is 2. The van der Waals surface area contributed by atoms with Gasteiger partial charge in [-0.2, -0.15) is 0 Å². The summed E-state index contributed by atoms with van der Waals surface area (Å²) in [6, 6.07) is 13.5. The summed E-state index contributed by atoms with van der Waals surface area (Å²) in [5.41, 5.74) is 7.32. The summed E-state index contributed by atoms with van der Waals surface area (Å²) in [5, 5.41) is 9.02. The zero-order valence-corrected chi connectivity index (χ0v) is 12.0. The fourth-order valence-electron chi connectivity index (χ4n) is 1.88. The summed E-state index contributed by atoms with van der Waals surface area (Å²) in [6.45, 7) is 0. The highest BCUT2D eigenvalue weighted by Gasteiger charge is 2.22. The molecule has 0 saturated heterocycles. The van der Waals surface area contributed by atoms with Crippen molar-refractivity contribution in [1.29, 1.82) is 0 Å². The zero-order valence-electron chi connectivity index (χ0n) is 10.4. The van der Waals surface area contributed by atoms with Crippen molar-refractivity contribution in [3.05, 3.63) is 65.2 Å². The van der Waals surface area contributed by atoms with Crippen molar-refractivity contribution in [2.45, 2.75) is 4.83 Å². The second-order valence-corrected chi connectivity index (χ2v) is 5.12. The molecule has 2 rings (SSSR count). The smallest absolute Gasteiger partial charge is 0.321 e. The standard InChI is InChI=1S/C15H12BrNO3/c16-12(15(19)20)10-7-4-8-11(13(10)17)14(18)9-5-2-1-3-6-9/h1-8,12H,17H2,(H,19,20). The summed E-state index contributed by atoms with van der Waals surface area (Å²) in [4.78, 5) is 22.4. The minimum absolute atomic E-state index is 0.186. The molecule has 2 aromatic rings. The maximum absolute atomic E-state index is 12.4. The number of nitrogen functional groups attached to an aromatic ring is 1. The molecular formula is C15H12BrNO3. The summed E-state index contributed by atoms with van der Waals surface area (Å²) < 4.78 is 0. The number of benzene rings is 2. The number of para-hydroxylation sites is 1. The van der Waals surface area contributed by atoms with E-state index in [1.165, 1.54) is 0 Å². The molecule has 0 amide bonds. The molecule has 1 unspecified atom stereocenters. The first kappa shape index (κ1) is 14.3. The van der Waals surface area contributed by atoms with Gasteiger partial charge in [-0.1, -0.05) is 58.4 Å². The lowest BCUT2D eigenvalue weighted by Gasteiger charge is -2.12. The molecule has 0 aliphatic carbocycles. The number of hydrogen-bond donors (Lipinski definition) is 2. The van der Waals surface area contributed by atoms with E-state index in [0.29, 0.717) is 16.7 Å². The highest BCUT2D eigenvalue weighted by Crippen LogP contribution is 2.31. The van der Waals surface area contributed by atoms with Crippen molar-refractivity contribution in [3.63, 3.8) is 0 Å². The van der Waals surface area contributed by atoms with E-state index in [-0.39, 0.29) is 11.5 Å². The number of nitrogens with two attached hydrogens (primary N) is 1. The Hall–Kier alpha value is -2.14. The van der Waals surface area contributed by atoms with Gasteiger partial charge in [-0.3, -0.25) is 9.59 Å². The van der Waals surface area contributed by atoms with Gasteiger partial charge in [0.05, 0.1) is 0 Å². The van der Waals surface area contributed by atoms with Gasteiger partial charge in [0, 0.05) is 22.4 Å². The minimum Gasteiger partial charge on any atom is -0.480 e. The molecule has 0 spiro atoms. The van der Waals surface area contributed by atoms with Gasteiger partial charge in [-0.25, -0.2) is 0 Å². The normalized spacial score (nSPS) is 11.8. The van der Waals surface area contributed by atoms with E-state index in [9.17, 15) is 9.59 Å². The Balaban J connectivity index is 2.46. The van der Waals surface area contributed by atoms with Crippen LogP contribution in [0, 0.1) is 0 Å². The van der Waals surface area contributed by atoms with Gasteiger partial charge in [-0.15, -0.1) is 0 Å². The predicted molar refractivity (Wildman–Crippen MR) is 80.0 cm³/mol. The van der Waals surface area contributed by atoms with E-state index >= 15 is 0 Å². The third-order valence-corrected chi connectivity index (χ3v) is 3.80. The van der Waals surface area contributed by atoms with Crippen molar-refractivity contribution in [3.8, 4) is 0 Å². The first-order valence-corrected chi connectivity index (χ1v) is 6.79. The van der Waals surface area contributed by atoms with E-state index in [4.69, 9.17) is 10.8 Å². The first-order chi connectivity index (χ1) is 9.52. The van der Waals surface area contributed by atoms with Gasteiger partial charge < -0.3 is 10.8 Å². The number of halogens is 1. The van der Waals surface area contributed by atoms with E-state index in [1.807, 2.05) is 6.07 Å². The quantitative estimate of drug-likeness (QED) is 0.512. The number of anilines is 1. The highest BCUT2D eigenvalue weighted by atomic mass is 79.9. The number of carbonyl (C=O) groups excluding carboxylic acids is 1. The third-order valence-electron chi connectivity index (χ3n) is 2.91. The van der Waals surface area contributed by atoms with Gasteiger partial charge >= 0.3 is 5.97 Å². The largest absolute Gasteiger partial charge is 0.480 e. The SMILES string of the molecule is Nc1c(C(=O)c2ccccc2)cccc1C(Br)C(=O)O. The number of rotatable bonds is 4. The van der Waals surface area contributed by atoms with E-state index in [2.05, 4.69) is 15.9 Å². The number of carboxylic acids is 1. The summed E-state index contributed by atoms with van der Waals surface area (Å²) >= 11 is 3.05. The van der Waals surface area contributed by atoms with Gasteiger partial charge in [0.25, 0.3) is 0 Å². The summed E-state index contributed by atoms with van der Waals surface area (Å²) in [7, 11) is 0. The number of hydrogen-bond acceptors (Lipinski definition) is 3. The van der Waals surface area contributed by atoms with Crippen molar-refractivity contribution in [1.82, 2.24) is 0 Å². The Kier molecular flexibility index (Phi) is 4.20. The highest BCUT2D eigenvalue weighted by molar-refractivity contribution is 9.09. The molecule has 1 atom stereocenters. The van der Waals surface area contributed by atoms with Gasteiger partial charge in [0.2, 0.25) is 0 Å². The Morgan fingerprint density at radius 1 is 1.05 bits per heavy atom. The number of alkyl halides is 1. The molecular weight excluding hydrogens is 322 g/mol. The van der Waals surface area contributed by atoms with Crippen LogP contribution in [0.3, 0.4) is 0 Å². The molecule has 0 bridgehead atoms. The average molecular weight is 334 g/mol. The van der Waals surface area contributed by atoms with Crippen LogP contribution < -0.4 is 5.73 Å². The van der Waals surface area contributed by atoms with Gasteiger partial charge in [0.15, 0.2) is 5.78 Å². The molecule has 5 heteroatoms. The Morgan fingerprint density at radius 2 is 1.70 bits per heavy atom. The Labute approximate surface area is 124 Å². The summed E-state index contributed by atoms with van der Waals surface area (Å²) in [5.74, 6) is -1.28. The van der Waals surface area contributed by atoms with Crippen LogP contribution in [-0.4, -0.2) is 16.9 Å². The fourth-order valence-corrected chi connectivity index (χ4v) is 2.28.